The number of hydrogen-bond donors (Lipinski definition) is 1. The summed E-state index contributed by atoms with van der Waals surface area (Å²) in [5.74, 6) is 2.48. The minimum atomic E-state index is -0.648. The highest BCUT2D eigenvalue weighted by molar-refractivity contribution is 7.84. The zero-order chi connectivity index (χ0) is 12.1. The number of hydrogen-bond acceptors (Lipinski definition) is 2. The Kier molecular flexibility index (Phi) is 5.98. The Hall–Kier alpha value is 0.110. The highest BCUT2D eigenvalue weighted by atomic mass is 32.2. The van der Waals surface area contributed by atoms with Crippen LogP contribution in [-0.2, 0) is 10.8 Å². The van der Waals surface area contributed by atoms with Crippen molar-refractivity contribution in [3.8, 4) is 0 Å². The Labute approximate surface area is 103 Å². The lowest BCUT2D eigenvalue weighted by Gasteiger charge is -2.35. The number of rotatable bonds is 5. The molecule has 16 heavy (non-hydrogen) atoms. The van der Waals surface area contributed by atoms with Crippen molar-refractivity contribution in [3.05, 3.63) is 0 Å². The van der Waals surface area contributed by atoms with Crippen LogP contribution >= 0.6 is 0 Å². The molecule has 0 radical (unpaired) electrons. The molecule has 0 aromatic carbocycles. The van der Waals surface area contributed by atoms with Gasteiger partial charge in [0.1, 0.15) is 0 Å². The van der Waals surface area contributed by atoms with Gasteiger partial charge in [-0.1, -0.05) is 20.3 Å². The van der Waals surface area contributed by atoms with Gasteiger partial charge in [0.25, 0.3) is 0 Å². The summed E-state index contributed by atoms with van der Waals surface area (Å²) in [6.45, 7) is 6.93. The molecule has 1 rings (SSSR count). The van der Waals surface area contributed by atoms with Crippen LogP contribution in [0.5, 0.6) is 0 Å². The van der Waals surface area contributed by atoms with Crippen molar-refractivity contribution in [2.75, 3.05) is 12.0 Å². The van der Waals surface area contributed by atoms with Crippen molar-refractivity contribution in [1.82, 2.24) is 5.32 Å². The van der Waals surface area contributed by atoms with Crippen LogP contribution in [0.2, 0.25) is 0 Å². The van der Waals surface area contributed by atoms with Gasteiger partial charge in [-0.25, -0.2) is 0 Å². The molecular weight excluding hydrogens is 218 g/mol. The molecule has 3 heteroatoms. The van der Waals surface area contributed by atoms with E-state index in [1.165, 1.54) is 19.3 Å². The van der Waals surface area contributed by atoms with E-state index in [-0.39, 0.29) is 0 Å². The van der Waals surface area contributed by atoms with Crippen molar-refractivity contribution >= 4 is 10.8 Å². The fourth-order valence-corrected chi connectivity index (χ4v) is 3.24. The topological polar surface area (TPSA) is 29.1 Å². The summed E-state index contributed by atoms with van der Waals surface area (Å²) in [4.78, 5) is 0. The Balaban J connectivity index is 2.30. The van der Waals surface area contributed by atoms with E-state index in [1.54, 1.807) is 6.26 Å². The zero-order valence-corrected chi connectivity index (χ0v) is 12.0. The third-order valence-electron chi connectivity index (χ3n) is 3.79. The van der Waals surface area contributed by atoms with Crippen molar-refractivity contribution in [1.29, 1.82) is 0 Å². The van der Waals surface area contributed by atoms with E-state index in [9.17, 15) is 4.21 Å². The molecule has 1 N–H and O–H groups in total. The van der Waals surface area contributed by atoms with Gasteiger partial charge in [0.05, 0.1) is 0 Å². The summed E-state index contributed by atoms with van der Waals surface area (Å²) in [6.07, 6.45) is 6.86. The molecule has 0 heterocycles. The van der Waals surface area contributed by atoms with Crippen molar-refractivity contribution in [2.45, 2.75) is 58.5 Å². The van der Waals surface area contributed by atoms with E-state index in [0.29, 0.717) is 12.1 Å². The van der Waals surface area contributed by atoms with Gasteiger partial charge >= 0.3 is 0 Å². The molecule has 96 valence electrons. The molecule has 0 amide bonds. The van der Waals surface area contributed by atoms with Gasteiger partial charge in [-0.15, -0.1) is 0 Å². The first kappa shape index (κ1) is 14.2. The van der Waals surface area contributed by atoms with Gasteiger partial charge < -0.3 is 5.32 Å². The maximum absolute atomic E-state index is 11.0. The summed E-state index contributed by atoms with van der Waals surface area (Å²) in [5, 5.41) is 3.72. The Bertz CT molecular complexity index is 232. The minimum Gasteiger partial charge on any atom is -0.311 e. The van der Waals surface area contributed by atoms with Gasteiger partial charge in [-0.05, 0) is 38.0 Å². The van der Waals surface area contributed by atoms with Crippen LogP contribution in [0.15, 0.2) is 0 Å². The third-order valence-corrected chi connectivity index (χ3v) is 4.61. The van der Waals surface area contributed by atoms with Crippen LogP contribution < -0.4 is 5.32 Å². The molecule has 1 aliphatic rings. The molecule has 0 aliphatic heterocycles. The second-order valence-corrected chi connectivity index (χ2v) is 7.19. The predicted octanol–water partition coefficient (Wildman–Crippen LogP) is 2.56. The fourth-order valence-electron chi connectivity index (χ4n) is 2.56. The van der Waals surface area contributed by atoms with Crippen LogP contribution in [0.1, 0.15) is 46.5 Å². The molecule has 0 saturated heterocycles. The molecule has 5 unspecified atom stereocenters. The van der Waals surface area contributed by atoms with E-state index >= 15 is 0 Å². The SMILES string of the molecule is CC1CCC(C)C(NC(C)CCS(C)=O)C1. The molecule has 0 aromatic heterocycles. The molecule has 0 spiro atoms. The van der Waals surface area contributed by atoms with Crippen LogP contribution in [-0.4, -0.2) is 28.3 Å². The summed E-state index contributed by atoms with van der Waals surface area (Å²) in [7, 11) is -0.648. The highest BCUT2D eigenvalue weighted by Crippen LogP contribution is 2.28. The molecule has 1 saturated carbocycles. The standard InChI is InChI=1S/C13H27NOS/c1-10-5-6-11(2)13(9-10)14-12(3)7-8-16(4)15/h10-14H,5-9H2,1-4H3. The lowest BCUT2D eigenvalue weighted by atomic mass is 9.80. The van der Waals surface area contributed by atoms with Gasteiger partial charge in [0.2, 0.25) is 0 Å². The Morgan fingerprint density at radius 3 is 2.69 bits per heavy atom. The smallest absolute Gasteiger partial charge is 0.0246 e. The average molecular weight is 245 g/mol. The Morgan fingerprint density at radius 2 is 2.06 bits per heavy atom. The molecule has 1 fully saturated rings. The summed E-state index contributed by atoms with van der Waals surface area (Å²) < 4.78 is 11.0. The molecule has 1 aliphatic carbocycles. The van der Waals surface area contributed by atoms with Crippen LogP contribution in [0.3, 0.4) is 0 Å². The first-order valence-electron chi connectivity index (χ1n) is 6.55. The second-order valence-electron chi connectivity index (χ2n) is 5.64. The quantitative estimate of drug-likeness (QED) is 0.806. The first-order valence-corrected chi connectivity index (χ1v) is 8.27. The minimum absolute atomic E-state index is 0.502. The zero-order valence-electron chi connectivity index (χ0n) is 11.2. The van der Waals surface area contributed by atoms with E-state index in [0.717, 1.165) is 24.0 Å². The van der Waals surface area contributed by atoms with Crippen molar-refractivity contribution < 1.29 is 4.21 Å². The first-order chi connectivity index (χ1) is 7.49. The number of nitrogens with one attached hydrogen (secondary N) is 1. The Morgan fingerprint density at radius 1 is 1.38 bits per heavy atom. The van der Waals surface area contributed by atoms with Crippen LogP contribution in [0, 0.1) is 11.8 Å². The van der Waals surface area contributed by atoms with Crippen LogP contribution in [0.4, 0.5) is 0 Å². The van der Waals surface area contributed by atoms with Gasteiger partial charge in [0, 0.05) is 34.9 Å². The maximum Gasteiger partial charge on any atom is 0.0246 e. The van der Waals surface area contributed by atoms with Crippen molar-refractivity contribution in [3.63, 3.8) is 0 Å². The monoisotopic (exact) mass is 245 g/mol. The largest absolute Gasteiger partial charge is 0.311 e. The van der Waals surface area contributed by atoms with Gasteiger partial charge in [-0.3, -0.25) is 4.21 Å². The lowest BCUT2D eigenvalue weighted by molar-refractivity contribution is 0.215. The molecule has 0 bridgehead atoms. The molecule has 0 aromatic rings. The fraction of sp³-hybridized carbons (Fsp3) is 1.00. The molecular formula is C13H27NOS. The van der Waals surface area contributed by atoms with Crippen LogP contribution in [0.25, 0.3) is 0 Å². The lowest BCUT2D eigenvalue weighted by Crippen LogP contribution is -2.44. The highest BCUT2D eigenvalue weighted by Gasteiger charge is 2.26. The molecule has 5 atom stereocenters. The maximum atomic E-state index is 11.0. The summed E-state index contributed by atoms with van der Waals surface area (Å²) in [5.41, 5.74) is 0. The van der Waals surface area contributed by atoms with E-state index in [1.807, 2.05) is 0 Å². The average Bonchev–Trinajstić information content (AvgIpc) is 2.20. The molecule has 2 nitrogen and oxygen atoms in total. The second kappa shape index (κ2) is 6.75. The van der Waals surface area contributed by atoms with Gasteiger partial charge in [-0.2, -0.15) is 0 Å². The predicted molar refractivity (Wildman–Crippen MR) is 72.1 cm³/mol. The summed E-state index contributed by atoms with van der Waals surface area (Å²) in [6, 6.07) is 1.17. The van der Waals surface area contributed by atoms with E-state index in [4.69, 9.17) is 0 Å². The third kappa shape index (κ3) is 4.96. The van der Waals surface area contributed by atoms with Crippen molar-refractivity contribution in [2.24, 2.45) is 11.8 Å². The van der Waals surface area contributed by atoms with E-state index in [2.05, 4.69) is 26.1 Å². The normalized spacial score (nSPS) is 34.6. The van der Waals surface area contributed by atoms with Gasteiger partial charge in [0.15, 0.2) is 0 Å². The summed E-state index contributed by atoms with van der Waals surface area (Å²) >= 11 is 0. The van der Waals surface area contributed by atoms with E-state index < -0.39 is 10.8 Å².